The van der Waals surface area contributed by atoms with Crippen LogP contribution in [-0.4, -0.2) is 6.54 Å². The summed E-state index contributed by atoms with van der Waals surface area (Å²) in [5.41, 5.74) is 9.48. The fourth-order valence-corrected chi connectivity index (χ4v) is 3.12. The van der Waals surface area contributed by atoms with Gasteiger partial charge in [-0.1, -0.05) is 72.8 Å². The summed E-state index contributed by atoms with van der Waals surface area (Å²) in [6.07, 6.45) is 4.10. The van der Waals surface area contributed by atoms with Gasteiger partial charge >= 0.3 is 0 Å². The van der Waals surface area contributed by atoms with Gasteiger partial charge < -0.3 is 10.5 Å². The predicted molar refractivity (Wildman–Crippen MR) is 108 cm³/mol. The average molecular weight is 345 g/mol. The zero-order chi connectivity index (χ0) is 18.0. The number of ether oxygens (including phenoxy) is 1. The van der Waals surface area contributed by atoms with Crippen molar-refractivity contribution < 1.29 is 4.74 Å². The normalized spacial score (nSPS) is 11.9. The maximum Gasteiger partial charge on any atom is 0.124 e. The number of unbranched alkanes of at least 4 members (excludes halogenated alkanes) is 1. The highest BCUT2D eigenvalue weighted by Gasteiger charge is 2.13. The van der Waals surface area contributed by atoms with Gasteiger partial charge in [-0.15, -0.1) is 0 Å². The highest BCUT2D eigenvalue weighted by Crippen LogP contribution is 2.27. The van der Waals surface area contributed by atoms with Crippen LogP contribution in [0.15, 0.2) is 84.9 Å². The lowest BCUT2D eigenvalue weighted by Gasteiger charge is -2.20. The van der Waals surface area contributed by atoms with E-state index in [9.17, 15) is 0 Å². The second kappa shape index (κ2) is 9.79. The van der Waals surface area contributed by atoms with Gasteiger partial charge in [0.25, 0.3) is 0 Å². The Bertz CT molecular complexity index is 753. The maximum absolute atomic E-state index is 6.31. The van der Waals surface area contributed by atoms with Crippen LogP contribution >= 0.6 is 0 Å². The summed E-state index contributed by atoms with van der Waals surface area (Å²) in [6.45, 7) is 0.732. The Morgan fingerprint density at radius 2 is 1.31 bits per heavy atom. The molecule has 0 fully saturated rings. The Balaban J connectivity index is 1.66. The number of benzene rings is 3. The largest absolute Gasteiger partial charge is 0.486 e. The molecule has 0 saturated carbocycles. The molecule has 2 nitrogen and oxygen atoms in total. The monoisotopic (exact) mass is 345 g/mol. The van der Waals surface area contributed by atoms with E-state index in [1.165, 1.54) is 16.7 Å². The summed E-state index contributed by atoms with van der Waals surface area (Å²) in [7, 11) is 0. The molecule has 0 aliphatic rings. The molecule has 2 N–H and O–H groups in total. The summed E-state index contributed by atoms with van der Waals surface area (Å²) in [4.78, 5) is 0. The van der Waals surface area contributed by atoms with Gasteiger partial charge in [0.15, 0.2) is 0 Å². The van der Waals surface area contributed by atoms with Crippen molar-refractivity contribution in [2.24, 2.45) is 5.73 Å². The first-order valence-electron chi connectivity index (χ1n) is 9.39. The number of nitrogens with two attached hydrogens (primary N) is 1. The Morgan fingerprint density at radius 3 is 1.96 bits per heavy atom. The lowest BCUT2D eigenvalue weighted by atomic mass is 10.0. The summed E-state index contributed by atoms with van der Waals surface area (Å²) in [5, 5.41) is 0. The molecule has 0 bridgehead atoms. The maximum atomic E-state index is 6.31. The minimum Gasteiger partial charge on any atom is -0.486 e. The quantitative estimate of drug-likeness (QED) is 0.518. The van der Waals surface area contributed by atoms with Crippen LogP contribution in [-0.2, 0) is 6.42 Å². The molecule has 26 heavy (non-hydrogen) atoms. The highest BCUT2D eigenvalue weighted by molar-refractivity contribution is 5.32. The minimum absolute atomic E-state index is 0.0720. The van der Waals surface area contributed by atoms with E-state index in [0.29, 0.717) is 0 Å². The summed E-state index contributed by atoms with van der Waals surface area (Å²) in [6, 6.07) is 29.5. The van der Waals surface area contributed by atoms with Crippen LogP contribution < -0.4 is 10.5 Å². The van der Waals surface area contributed by atoms with Gasteiger partial charge in [0.2, 0.25) is 0 Å². The molecular weight excluding hydrogens is 318 g/mol. The van der Waals surface area contributed by atoms with E-state index in [1.807, 2.05) is 6.07 Å². The van der Waals surface area contributed by atoms with Gasteiger partial charge in [-0.3, -0.25) is 0 Å². The third kappa shape index (κ3) is 5.47. The third-order valence-electron chi connectivity index (χ3n) is 4.54. The molecule has 0 spiro atoms. The molecule has 1 unspecified atom stereocenters. The molecule has 0 aliphatic carbocycles. The molecular formula is C24H27NO. The van der Waals surface area contributed by atoms with E-state index in [4.69, 9.17) is 10.5 Å². The predicted octanol–water partition coefficient (Wildman–Crippen LogP) is 5.53. The van der Waals surface area contributed by atoms with Gasteiger partial charge in [0, 0.05) is 0 Å². The molecule has 0 saturated heterocycles. The number of hydrogen-bond donors (Lipinski definition) is 1. The molecule has 3 aromatic carbocycles. The fourth-order valence-electron chi connectivity index (χ4n) is 3.12. The van der Waals surface area contributed by atoms with Crippen LogP contribution in [0.1, 0.15) is 42.1 Å². The van der Waals surface area contributed by atoms with Crippen LogP contribution in [0, 0.1) is 0 Å². The fraction of sp³-hybridized carbons (Fsp3) is 0.250. The lowest BCUT2D eigenvalue weighted by Crippen LogP contribution is -2.09. The van der Waals surface area contributed by atoms with Crippen molar-refractivity contribution >= 4 is 0 Å². The summed E-state index contributed by atoms with van der Waals surface area (Å²) < 4.78 is 6.31. The van der Waals surface area contributed by atoms with Crippen LogP contribution in [0.3, 0.4) is 0 Å². The van der Waals surface area contributed by atoms with Gasteiger partial charge in [0.05, 0.1) is 0 Å². The first-order valence-corrected chi connectivity index (χ1v) is 9.39. The Kier molecular flexibility index (Phi) is 6.86. The average Bonchev–Trinajstić information content (AvgIpc) is 2.70. The van der Waals surface area contributed by atoms with Crippen LogP contribution in [0.4, 0.5) is 0 Å². The zero-order valence-electron chi connectivity index (χ0n) is 15.2. The summed E-state index contributed by atoms with van der Waals surface area (Å²) in [5.74, 6) is 0.920. The Morgan fingerprint density at radius 1 is 0.692 bits per heavy atom. The van der Waals surface area contributed by atoms with Crippen molar-refractivity contribution in [3.05, 3.63) is 102 Å². The smallest absolute Gasteiger partial charge is 0.124 e. The Labute approximate surface area is 156 Å². The van der Waals surface area contributed by atoms with E-state index in [0.717, 1.165) is 38.0 Å². The van der Waals surface area contributed by atoms with Crippen molar-refractivity contribution in [3.63, 3.8) is 0 Å². The molecule has 134 valence electrons. The second-order valence-corrected chi connectivity index (χ2v) is 6.61. The van der Waals surface area contributed by atoms with E-state index >= 15 is 0 Å². The van der Waals surface area contributed by atoms with Gasteiger partial charge in [-0.25, -0.2) is 0 Å². The van der Waals surface area contributed by atoms with Crippen LogP contribution in [0.5, 0.6) is 5.75 Å². The molecule has 0 amide bonds. The standard InChI is InChI=1S/C24H27NO/c25-18-8-7-13-24(22-11-5-2-6-12-22)26-23-16-14-21(15-17-23)19-20-9-3-1-4-10-20/h1-6,9-12,14-17,24H,7-8,13,18-19,25H2. The first kappa shape index (κ1) is 18.2. The number of hydrogen-bond acceptors (Lipinski definition) is 2. The molecule has 0 radical (unpaired) electrons. The first-order chi connectivity index (χ1) is 12.8. The van der Waals surface area contributed by atoms with Crippen LogP contribution in [0.2, 0.25) is 0 Å². The zero-order valence-corrected chi connectivity index (χ0v) is 15.2. The molecule has 1 atom stereocenters. The van der Waals surface area contributed by atoms with E-state index in [1.54, 1.807) is 0 Å². The van der Waals surface area contributed by atoms with E-state index < -0.39 is 0 Å². The van der Waals surface area contributed by atoms with Gasteiger partial charge in [0.1, 0.15) is 11.9 Å². The SMILES string of the molecule is NCCCCC(Oc1ccc(Cc2ccccc2)cc1)c1ccccc1. The van der Waals surface area contributed by atoms with Gasteiger partial charge in [-0.2, -0.15) is 0 Å². The van der Waals surface area contributed by atoms with Crippen molar-refractivity contribution in [1.82, 2.24) is 0 Å². The van der Waals surface area contributed by atoms with E-state index in [2.05, 4.69) is 78.9 Å². The third-order valence-corrected chi connectivity index (χ3v) is 4.54. The minimum atomic E-state index is 0.0720. The molecule has 2 heteroatoms. The van der Waals surface area contributed by atoms with E-state index in [-0.39, 0.29) is 6.10 Å². The number of rotatable bonds is 9. The van der Waals surface area contributed by atoms with Gasteiger partial charge in [-0.05, 0) is 61.1 Å². The second-order valence-electron chi connectivity index (χ2n) is 6.61. The van der Waals surface area contributed by atoms with Crippen molar-refractivity contribution in [3.8, 4) is 5.75 Å². The lowest BCUT2D eigenvalue weighted by molar-refractivity contribution is 0.191. The molecule has 0 aromatic heterocycles. The summed E-state index contributed by atoms with van der Waals surface area (Å²) >= 11 is 0. The molecule has 0 heterocycles. The van der Waals surface area contributed by atoms with Crippen molar-refractivity contribution in [2.75, 3.05) is 6.54 Å². The van der Waals surface area contributed by atoms with Crippen molar-refractivity contribution in [2.45, 2.75) is 31.8 Å². The molecule has 3 aromatic rings. The van der Waals surface area contributed by atoms with Crippen LogP contribution in [0.25, 0.3) is 0 Å². The Hall–Kier alpha value is -2.58. The highest BCUT2D eigenvalue weighted by atomic mass is 16.5. The topological polar surface area (TPSA) is 35.2 Å². The van der Waals surface area contributed by atoms with Crippen molar-refractivity contribution in [1.29, 1.82) is 0 Å². The molecule has 0 aliphatic heterocycles. The molecule has 3 rings (SSSR count).